The predicted molar refractivity (Wildman–Crippen MR) is 95.0 cm³/mol. The molecule has 0 saturated carbocycles. The highest BCUT2D eigenvalue weighted by Gasteiger charge is 2.31. The monoisotopic (exact) mass is 295 g/mol. The highest BCUT2D eigenvalue weighted by Crippen LogP contribution is 2.23. The summed E-state index contributed by atoms with van der Waals surface area (Å²) in [5, 5.41) is 2.38. The second-order valence-electron chi connectivity index (χ2n) is 5.96. The van der Waals surface area contributed by atoms with Crippen molar-refractivity contribution in [2.24, 2.45) is 7.05 Å². The Morgan fingerprint density at radius 2 is 2.09 bits per heavy atom. The minimum Gasteiger partial charge on any atom is -0.291 e. The molecule has 1 aromatic heterocycles. The lowest BCUT2D eigenvalue weighted by Crippen LogP contribution is -2.50. The fourth-order valence-electron chi connectivity index (χ4n) is 3.15. The van der Waals surface area contributed by atoms with Gasteiger partial charge in [0.05, 0.1) is 18.9 Å². The van der Waals surface area contributed by atoms with Crippen molar-refractivity contribution in [2.75, 3.05) is 4.81 Å². The Hall–Kier alpha value is -2.03. The first-order valence-electron chi connectivity index (χ1n) is 9.61. The van der Waals surface area contributed by atoms with Gasteiger partial charge in [0.15, 0.2) is 0 Å². The molecule has 2 heterocycles. The smallest absolute Gasteiger partial charge is 0.291 e. The van der Waals surface area contributed by atoms with Crippen molar-refractivity contribution < 1.29 is 10.1 Å². The number of nitrogens with zero attached hydrogens (tertiary/aromatic N) is 2. The van der Waals surface area contributed by atoms with Crippen LogP contribution in [0.25, 0.3) is 11.7 Å². The predicted octanol–water partition coefficient (Wildman–Crippen LogP) is 2.22. The van der Waals surface area contributed by atoms with E-state index in [1.54, 1.807) is 6.07 Å². The van der Waals surface area contributed by atoms with E-state index in [2.05, 4.69) is 36.7 Å². The zero-order valence-corrected chi connectivity index (χ0v) is 13.6. The number of hydrogen-bond donors (Lipinski definition) is 0. The van der Waals surface area contributed by atoms with E-state index < -0.39 is 12.7 Å². The van der Waals surface area contributed by atoms with Crippen LogP contribution in [0.1, 0.15) is 37.6 Å². The summed E-state index contributed by atoms with van der Waals surface area (Å²) in [4.78, 5) is 2.20. The third-order valence-corrected chi connectivity index (χ3v) is 4.34. The third-order valence-electron chi connectivity index (χ3n) is 4.34. The summed E-state index contributed by atoms with van der Waals surface area (Å²) in [5.74, 6) is 1.42. The maximum atomic E-state index is 8.41. The molecule has 1 unspecified atom stereocenters. The number of fused-ring (bicyclic) bond motifs is 1. The normalized spacial score (nSPS) is 20.1. The van der Waals surface area contributed by atoms with Gasteiger partial charge < -0.3 is 0 Å². The molecule has 3 rings (SSSR count). The first kappa shape index (κ1) is 10.7. The lowest BCUT2D eigenvalue weighted by Gasteiger charge is -2.25. The van der Waals surface area contributed by atoms with E-state index in [-0.39, 0.29) is 6.85 Å². The van der Waals surface area contributed by atoms with Crippen molar-refractivity contribution >= 4 is 24.3 Å². The maximum absolute atomic E-state index is 8.41. The van der Waals surface area contributed by atoms with Gasteiger partial charge in [0.25, 0.3) is 5.82 Å². The topological polar surface area (TPSA) is 7.12 Å². The third kappa shape index (κ3) is 2.45. The van der Waals surface area contributed by atoms with E-state index in [1.807, 2.05) is 36.0 Å². The van der Waals surface area contributed by atoms with Crippen molar-refractivity contribution in [3.63, 3.8) is 0 Å². The van der Waals surface area contributed by atoms with Crippen LogP contribution in [-0.4, -0.2) is 6.85 Å². The van der Waals surface area contributed by atoms with Crippen LogP contribution in [0.3, 0.4) is 0 Å². The average Bonchev–Trinajstić information content (AvgIpc) is 2.55. The van der Waals surface area contributed by atoms with Crippen molar-refractivity contribution in [2.45, 2.75) is 33.4 Å². The molecule has 0 bridgehead atoms. The van der Waals surface area contributed by atoms with Crippen LogP contribution in [0.2, 0.25) is 6.82 Å². The van der Waals surface area contributed by atoms with Gasteiger partial charge in [0.2, 0.25) is 0 Å². The molecule has 1 aliphatic heterocycles. The summed E-state index contributed by atoms with van der Waals surface area (Å²) in [5.41, 5.74) is 1.60. The van der Waals surface area contributed by atoms with Crippen LogP contribution in [0.4, 0.5) is 5.82 Å². The molecule has 22 heavy (non-hydrogen) atoms. The number of pyridine rings is 1. The second kappa shape index (κ2) is 5.64. The number of benzene rings is 1. The molecule has 1 aromatic carbocycles. The fraction of sp³-hybridized carbons (Fsp3) is 0.316. The Labute approximate surface area is 139 Å². The molecule has 2 nitrogen and oxygen atoms in total. The van der Waals surface area contributed by atoms with E-state index in [4.69, 9.17) is 5.48 Å². The molecule has 0 amide bonds. The SMILES string of the molecule is [2H]C([2H])([2H])C([2H])(C)c1cc[n+](C)c(N2B(C)C=c3ccccc3=C2C)c1. The van der Waals surface area contributed by atoms with E-state index in [1.165, 1.54) is 17.4 Å². The Morgan fingerprint density at radius 3 is 2.86 bits per heavy atom. The van der Waals surface area contributed by atoms with Gasteiger partial charge in [-0.1, -0.05) is 44.0 Å². The Balaban J connectivity index is 2.19. The standard InChI is InChI=1S/C19H24BN2/c1-14(2)16-10-11-21(5)19(12-16)22-15(3)18-9-7-6-8-17(18)13-20(22)4/h6-14H,1-5H3/q+1/i1D3,14D. The van der Waals surface area contributed by atoms with Gasteiger partial charge in [-0.25, -0.2) is 4.57 Å². The largest absolute Gasteiger partial charge is 0.402 e. The first-order valence-corrected chi connectivity index (χ1v) is 7.61. The number of rotatable bonds is 2. The molecular weight excluding hydrogens is 267 g/mol. The molecule has 3 heteroatoms. The van der Waals surface area contributed by atoms with Crippen molar-refractivity contribution in [3.05, 3.63) is 58.6 Å². The summed E-state index contributed by atoms with van der Waals surface area (Å²) in [7, 11) is 1.94. The van der Waals surface area contributed by atoms with Gasteiger partial charge in [-0.05, 0) is 36.5 Å². The molecule has 0 radical (unpaired) electrons. The van der Waals surface area contributed by atoms with Crippen LogP contribution >= 0.6 is 0 Å². The van der Waals surface area contributed by atoms with Crippen LogP contribution in [0, 0.1) is 0 Å². The van der Waals surface area contributed by atoms with Crippen molar-refractivity contribution in [1.29, 1.82) is 0 Å². The zero-order valence-electron chi connectivity index (χ0n) is 17.6. The Bertz CT molecular complexity index is 966. The number of anilines is 1. The van der Waals surface area contributed by atoms with E-state index >= 15 is 0 Å². The van der Waals surface area contributed by atoms with Gasteiger partial charge in [0, 0.05) is 16.8 Å². The highest BCUT2D eigenvalue weighted by atomic mass is 15.2. The van der Waals surface area contributed by atoms with Crippen LogP contribution < -0.4 is 19.8 Å². The quantitative estimate of drug-likeness (QED) is 0.609. The van der Waals surface area contributed by atoms with Gasteiger partial charge >= 0.3 is 6.85 Å². The summed E-state index contributed by atoms with van der Waals surface area (Å²) < 4.78 is 33.6. The summed E-state index contributed by atoms with van der Waals surface area (Å²) in [6, 6.07) is 11.8. The van der Waals surface area contributed by atoms with Crippen molar-refractivity contribution in [1.82, 2.24) is 0 Å². The maximum Gasteiger partial charge on any atom is 0.402 e. The highest BCUT2D eigenvalue weighted by molar-refractivity contribution is 6.77. The summed E-state index contributed by atoms with van der Waals surface area (Å²) in [6.45, 7) is 3.39. The van der Waals surface area contributed by atoms with Gasteiger partial charge in [-0.3, -0.25) is 4.81 Å². The molecule has 2 aromatic rings. The Morgan fingerprint density at radius 1 is 1.32 bits per heavy atom. The lowest BCUT2D eigenvalue weighted by atomic mass is 9.60. The fourth-order valence-corrected chi connectivity index (χ4v) is 3.15. The molecule has 1 atom stereocenters. The number of aromatic nitrogens is 1. The van der Waals surface area contributed by atoms with Gasteiger partial charge in [-0.2, -0.15) is 0 Å². The molecule has 0 fully saturated rings. The van der Waals surface area contributed by atoms with Gasteiger partial charge in [0.1, 0.15) is 0 Å². The summed E-state index contributed by atoms with van der Waals surface area (Å²) in [6.07, 6.45) is 1.84. The molecule has 112 valence electrons. The number of hydrogen-bond acceptors (Lipinski definition) is 1. The van der Waals surface area contributed by atoms with E-state index in [0.717, 1.165) is 11.5 Å². The molecular formula is C19H24BN2+. The Kier molecular flexibility index (Phi) is 2.73. The van der Waals surface area contributed by atoms with Crippen molar-refractivity contribution in [3.8, 4) is 0 Å². The summed E-state index contributed by atoms with van der Waals surface area (Å²) >= 11 is 0. The zero-order chi connectivity index (χ0) is 19.3. The minimum atomic E-state index is -2.39. The van der Waals surface area contributed by atoms with Gasteiger partial charge in [-0.15, -0.1) is 0 Å². The average molecular weight is 295 g/mol. The van der Waals surface area contributed by atoms with Crippen LogP contribution in [-0.2, 0) is 7.05 Å². The lowest BCUT2D eigenvalue weighted by molar-refractivity contribution is -0.658. The second-order valence-corrected chi connectivity index (χ2v) is 5.96. The first-order chi connectivity index (χ1) is 12.0. The molecule has 0 aliphatic carbocycles. The van der Waals surface area contributed by atoms with E-state index in [9.17, 15) is 0 Å². The number of aryl methyl sites for hydroxylation is 1. The molecule has 0 saturated heterocycles. The van der Waals surface area contributed by atoms with Crippen LogP contribution in [0.5, 0.6) is 0 Å². The van der Waals surface area contributed by atoms with E-state index in [0.29, 0.717) is 5.56 Å². The molecule has 1 aliphatic rings. The molecule has 0 N–H and O–H groups in total. The van der Waals surface area contributed by atoms with Crippen LogP contribution in [0.15, 0.2) is 42.6 Å². The minimum absolute atomic E-state index is 0.121. The molecule has 0 spiro atoms.